The molecule has 1 aliphatic carbocycles. The van der Waals surface area contributed by atoms with Crippen LogP contribution in [0, 0.1) is 5.92 Å². The quantitative estimate of drug-likeness (QED) is 0.916. The molecule has 1 N–H and O–H groups in total. The molecule has 0 amide bonds. The minimum absolute atomic E-state index is 0.186. The number of hydrogen-bond donors (Lipinski definition) is 1. The number of nitrogens with zero attached hydrogens (tertiary/aromatic N) is 1. The highest BCUT2D eigenvalue weighted by Crippen LogP contribution is 2.43. The number of carboxylic acids is 1. The second kappa shape index (κ2) is 5.57. The van der Waals surface area contributed by atoms with Crippen LogP contribution >= 0.6 is 0 Å². The first-order chi connectivity index (χ1) is 9.68. The van der Waals surface area contributed by atoms with Crippen LogP contribution in [0.15, 0.2) is 30.3 Å². The number of carboxylic acid groups (broad SMARTS) is 1. The second-order valence-electron chi connectivity index (χ2n) is 6.24. The summed E-state index contributed by atoms with van der Waals surface area (Å²) in [6.07, 6.45) is 5.70. The summed E-state index contributed by atoms with van der Waals surface area (Å²) >= 11 is 0. The van der Waals surface area contributed by atoms with E-state index in [2.05, 4.69) is 24.0 Å². The third kappa shape index (κ3) is 2.35. The molecule has 2 fully saturated rings. The highest BCUT2D eigenvalue weighted by Gasteiger charge is 2.47. The van der Waals surface area contributed by atoms with Crippen molar-refractivity contribution in [1.82, 2.24) is 4.90 Å². The second-order valence-corrected chi connectivity index (χ2v) is 6.24. The van der Waals surface area contributed by atoms with Crippen LogP contribution in [-0.2, 0) is 4.79 Å². The van der Waals surface area contributed by atoms with Crippen molar-refractivity contribution >= 4 is 5.97 Å². The van der Waals surface area contributed by atoms with Gasteiger partial charge in [-0.1, -0.05) is 43.2 Å². The van der Waals surface area contributed by atoms with Crippen LogP contribution in [0.4, 0.5) is 0 Å². The number of carbonyl (C=O) groups is 1. The lowest BCUT2D eigenvalue weighted by molar-refractivity contribution is -0.143. The SMILES string of the molecule is CC(c1ccccc1)N1C2CCCCC2C[C@H]1C(=O)O. The molecule has 1 saturated heterocycles. The van der Waals surface area contributed by atoms with Gasteiger partial charge in [0.25, 0.3) is 0 Å². The van der Waals surface area contributed by atoms with Gasteiger partial charge in [0.2, 0.25) is 0 Å². The zero-order valence-electron chi connectivity index (χ0n) is 12.0. The standard InChI is InChI=1S/C17H23NO2/c1-12(13-7-3-2-4-8-13)18-15-10-6-5-9-14(15)11-16(18)17(19)20/h2-4,7-8,12,14-16H,5-6,9-11H2,1H3,(H,19,20)/t12?,14?,15?,16-/m0/s1. The fourth-order valence-corrected chi connectivity index (χ4v) is 4.18. The highest BCUT2D eigenvalue weighted by molar-refractivity contribution is 5.74. The molecule has 3 heteroatoms. The average molecular weight is 273 g/mol. The summed E-state index contributed by atoms with van der Waals surface area (Å²) in [5.41, 5.74) is 1.23. The smallest absolute Gasteiger partial charge is 0.320 e. The van der Waals surface area contributed by atoms with E-state index in [9.17, 15) is 9.90 Å². The number of fused-ring (bicyclic) bond motifs is 1. The van der Waals surface area contributed by atoms with Crippen LogP contribution in [0.25, 0.3) is 0 Å². The maximum Gasteiger partial charge on any atom is 0.320 e. The number of benzene rings is 1. The predicted molar refractivity (Wildman–Crippen MR) is 78.5 cm³/mol. The molecular formula is C17H23NO2. The van der Waals surface area contributed by atoms with E-state index in [0.717, 1.165) is 12.8 Å². The zero-order chi connectivity index (χ0) is 14.1. The van der Waals surface area contributed by atoms with Gasteiger partial charge in [0.05, 0.1) is 0 Å². The topological polar surface area (TPSA) is 40.5 Å². The summed E-state index contributed by atoms with van der Waals surface area (Å²) in [4.78, 5) is 13.9. The molecule has 3 nitrogen and oxygen atoms in total. The van der Waals surface area contributed by atoms with Gasteiger partial charge in [0.1, 0.15) is 6.04 Å². The Hall–Kier alpha value is -1.35. The molecule has 0 radical (unpaired) electrons. The van der Waals surface area contributed by atoms with Gasteiger partial charge in [0.15, 0.2) is 0 Å². The van der Waals surface area contributed by atoms with Crippen LogP contribution in [0.2, 0.25) is 0 Å². The Bertz CT molecular complexity index is 473. The zero-order valence-corrected chi connectivity index (χ0v) is 12.0. The Morgan fingerprint density at radius 3 is 2.65 bits per heavy atom. The fourth-order valence-electron chi connectivity index (χ4n) is 4.18. The van der Waals surface area contributed by atoms with E-state index >= 15 is 0 Å². The lowest BCUT2D eigenvalue weighted by atomic mass is 9.84. The Morgan fingerprint density at radius 1 is 1.25 bits per heavy atom. The maximum atomic E-state index is 11.6. The van der Waals surface area contributed by atoms with E-state index in [0.29, 0.717) is 12.0 Å². The van der Waals surface area contributed by atoms with Crippen molar-refractivity contribution in [2.24, 2.45) is 5.92 Å². The molecule has 0 aromatic heterocycles. The molecular weight excluding hydrogens is 250 g/mol. The number of likely N-dealkylation sites (tertiary alicyclic amines) is 1. The van der Waals surface area contributed by atoms with Crippen LogP contribution in [0.5, 0.6) is 0 Å². The molecule has 0 bridgehead atoms. The van der Waals surface area contributed by atoms with E-state index in [1.165, 1.54) is 24.8 Å². The first-order valence-electron chi connectivity index (χ1n) is 7.73. The van der Waals surface area contributed by atoms with Gasteiger partial charge in [-0.15, -0.1) is 0 Å². The molecule has 20 heavy (non-hydrogen) atoms. The van der Waals surface area contributed by atoms with Crippen molar-refractivity contribution < 1.29 is 9.90 Å². The molecule has 1 aliphatic heterocycles. The van der Waals surface area contributed by atoms with Gasteiger partial charge in [-0.2, -0.15) is 0 Å². The van der Waals surface area contributed by atoms with Gasteiger partial charge in [0, 0.05) is 12.1 Å². The van der Waals surface area contributed by atoms with Crippen molar-refractivity contribution in [2.75, 3.05) is 0 Å². The largest absolute Gasteiger partial charge is 0.480 e. The summed E-state index contributed by atoms with van der Waals surface area (Å²) < 4.78 is 0. The van der Waals surface area contributed by atoms with Crippen molar-refractivity contribution in [3.63, 3.8) is 0 Å². The summed E-state index contributed by atoms with van der Waals surface area (Å²) in [5, 5.41) is 9.58. The third-order valence-electron chi connectivity index (χ3n) is 5.15. The normalized spacial score (nSPS) is 31.8. The fraction of sp³-hybridized carbons (Fsp3) is 0.588. The molecule has 3 rings (SSSR count). The monoisotopic (exact) mass is 273 g/mol. The number of rotatable bonds is 3. The van der Waals surface area contributed by atoms with Gasteiger partial charge >= 0.3 is 5.97 Å². The summed E-state index contributed by atoms with van der Waals surface area (Å²) in [7, 11) is 0. The van der Waals surface area contributed by atoms with Crippen LogP contribution in [-0.4, -0.2) is 28.1 Å². The van der Waals surface area contributed by atoms with Gasteiger partial charge in [-0.3, -0.25) is 9.69 Å². The Labute approximate surface area is 120 Å². The number of hydrogen-bond acceptors (Lipinski definition) is 2. The Kier molecular flexibility index (Phi) is 3.79. The van der Waals surface area contributed by atoms with E-state index in [-0.39, 0.29) is 12.1 Å². The average Bonchev–Trinajstić information content (AvgIpc) is 2.87. The molecule has 1 aromatic carbocycles. The van der Waals surface area contributed by atoms with Crippen molar-refractivity contribution in [1.29, 1.82) is 0 Å². The van der Waals surface area contributed by atoms with Crippen LogP contribution < -0.4 is 0 Å². The Morgan fingerprint density at radius 2 is 1.95 bits per heavy atom. The maximum absolute atomic E-state index is 11.6. The molecule has 2 aliphatic rings. The molecule has 1 aromatic rings. The van der Waals surface area contributed by atoms with Crippen molar-refractivity contribution in [2.45, 2.75) is 57.2 Å². The lowest BCUT2D eigenvalue weighted by Gasteiger charge is -2.37. The van der Waals surface area contributed by atoms with E-state index < -0.39 is 5.97 Å². The molecule has 3 unspecified atom stereocenters. The minimum atomic E-state index is -0.651. The van der Waals surface area contributed by atoms with Gasteiger partial charge in [-0.25, -0.2) is 0 Å². The molecule has 0 spiro atoms. The highest BCUT2D eigenvalue weighted by atomic mass is 16.4. The third-order valence-corrected chi connectivity index (χ3v) is 5.15. The van der Waals surface area contributed by atoms with Crippen LogP contribution in [0.1, 0.15) is 50.6 Å². The van der Waals surface area contributed by atoms with E-state index in [4.69, 9.17) is 0 Å². The summed E-state index contributed by atoms with van der Waals surface area (Å²) in [5.74, 6) is -0.0711. The summed E-state index contributed by atoms with van der Waals surface area (Å²) in [6, 6.07) is 10.6. The first kappa shape index (κ1) is 13.6. The molecule has 4 atom stereocenters. The summed E-state index contributed by atoms with van der Waals surface area (Å²) in [6.45, 7) is 2.16. The lowest BCUT2D eigenvalue weighted by Crippen LogP contribution is -2.43. The molecule has 108 valence electrons. The Balaban J connectivity index is 1.89. The molecule has 1 saturated carbocycles. The molecule has 1 heterocycles. The van der Waals surface area contributed by atoms with Crippen LogP contribution in [0.3, 0.4) is 0 Å². The van der Waals surface area contributed by atoms with Gasteiger partial charge < -0.3 is 5.11 Å². The first-order valence-corrected chi connectivity index (χ1v) is 7.73. The van der Waals surface area contributed by atoms with Crippen molar-refractivity contribution in [3.8, 4) is 0 Å². The van der Waals surface area contributed by atoms with Gasteiger partial charge in [-0.05, 0) is 37.7 Å². The van der Waals surface area contributed by atoms with E-state index in [1.54, 1.807) is 0 Å². The number of aliphatic carboxylic acids is 1. The predicted octanol–water partition coefficient (Wildman–Crippen LogP) is 3.47. The van der Waals surface area contributed by atoms with E-state index in [1.807, 2.05) is 18.2 Å². The van der Waals surface area contributed by atoms with Crippen molar-refractivity contribution in [3.05, 3.63) is 35.9 Å². The minimum Gasteiger partial charge on any atom is -0.480 e.